The highest BCUT2D eigenvalue weighted by atomic mass is 16.8. The summed E-state index contributed by atoms with van der Waals surface area (Å²) in [6, 6.07) is 0. The molecular formula is C25H45BO7. The van der Waals surface area contributed by atoms with Crippen molar-refractivity contribution in [1.29, 1.82) is 0 Å². The van der Waals surface area contributed by atoms with Gasteiger partial charge in [-0.15, -0.1) is 0 Å². The number of carbonyl (C=O) groups is 2. The summed E-state index contributed by atoms with van der Waals surface area (Å²) < 4.78 is 28.1. The quantitative estimate of drug-likeness (QED) is 0.147. The topological polar surface area (TPSA) is 80.3 Å². The van der Waals surface area contributed by atoms with E-state index in [0.29, 0.717) is 12.7 Å². The Morgan fingerprint density at radius 1 is 0.788 bits per heavy atom. The molecule has 0 N–H and O–H groups in total. The summed E-state index contributed by atoms with van der Waals surface area (Å²) >= 11 is 0. The average molecular weight is 468 g/mol. The van der Waals surface area contributed by atoms with E-state index < -0.39 is 24.6 Å². The first-order chi connectivity index (χ1) is 16.0. The van der Waals surface area contributed by atoms with Crippen LogP contribution in [0.15, 0.2) is 0 Å². The normalized spacial score (nSPS) is 24.2. The predicted octanol–water partition coefficient (Wildman–Crippen LogP) is 5.59. The molecule has 0 radical (unpaired) electrons. The van der Waals surface area contributed by atoms with E-state index in [9.17, 15) is 9.59 Å². The zero-order chi connectivity index (χ0) is 23.9. The number of ether oxygens (including phenoxy) is 3. The van der Waals surface area contributed by atoms with Gasteiger partial charge in [0.15, 0.2) is 0 Å². The third kappa shape index (κ3) is 10.8. The summed E-state index contributed by atoms with van der Waals surface area (Å²) in [6.45, 7) is 5.63. The van der Waals surface area contributed by atoms with Crippen LogP contribution < -0.4 is 0 Å². The molecule has 0 aromatic carbocycles. The summed E-state index contributed by atoms with van der Waals surface area (Å²) in [7, 11) is -0.356. The summed E-state index contributed by atoms with van der Waals surface area (Å²) in [6.07, 6.45) is 15.3. The SMILES string of the molecule is CCCCCCCCCCCCCCCC(=O)O[C@@H]1O[C@H](COC(C)=O)[C@@H]2OB(CC)O[C@H]12. The van der Waals surface area contributed by atoms with Crippen molar-refractivity contribution in [2.45, 2.75) is 142 Å². The molecule has 0 aliphatic carbocycles. The summed E-state index contributed by atoms with van der Waals surface area (Å²) in [5.74, 6) is -0.664. The zero-order valence-electron chi connectivity index (χ0n) is 21.1. The predicted molar refractivity (Wildman–Crippen MR) is 128 cm³/mol. The Kier molecular flexibility index (Phi) is 14.1. The van der Waals surface area contributed by atoms with Crippen LogP contribution in [-0.4, -0.2) is 50.3 Å². The monoisotopic (exact) mass is 468 g/mol. The lowest BCUT2D eigenvalue weighted by Gasteiger charge is -2.18. The second-order valence-corrected chi connectivity index (χ2v) is 9.37. The van der Waals surface area contributed by atoms with Crippen LogP contribution in [0, 0.1) is 0 Å². The highest BCUT2D eigenvalue weighted by Crippen LogP contribution is 2.34. The largest absolute Gasteiger partial charge is 0.463 e. The molecule has 0 amide bonds. The van der Waals surface area contributed by atoms with E-state index in [1.54, 1.807) is 0 Å². The van der Waals surface area contributed by atoms with Crippen LogP contribution in [0.4, 0.5) is 0 Å². The molecule has 4 atom stereocenters. The number of esters is 2. The van der Waals surface area contributed by atoms with E-state index in [0.717, 1.165) is 19.3 Å². The van der Waals surface area contributed by atoms with E-state index in [2.05, 4.69) is 6.92 Å². The molecule has 0 bridgehead atoms. The van der Waals surface area contributed by atoms with Gasteiger partial charge in [-0.3, -0.25) is 9.59 Å². The number of carbonyl (C=O) groups excluding carboxylic acids is 2. The smallest absolute Gasteiger partial charge is 0.457 e. The second-order valence-electron chi connectivity index (χ2n) is 9.37. The molecule has 7 nitrogen and oxygen atoms in total. The molecule has 0 aromatic rings. The highest BCUT2D eigenvalue weighted by molar-refractivity contribution is 6.45. The average Bonchev–Trinajstić information content (AvgIpc) is 3.35. The van der Waals surface area contributed by atoms with Crippen molar-refractivity contribution in [3.05, 3.63) is 0 Å². The molecule has 0 saturated carbocycles. The fourth-order valence-electron chi connectivity index (χ4n) is 4.48. The summed E-state index contributed by atoms with van der Waals surface area (Å²) in [5, 5.41) is 0. The minimum Gasteiger partial charge on any atom is -0.463 e. The molecule has 2 aliphatic rings. The second kappa shape index (κ2) is 16.5. The van der Waals surface area contributed by atoms with Gasteiger partial charge in [0.25, 0.3) is 0 Å². The van der Waals surface area contributed by atoms with Gasteiger partial charge in [0.1, 0.15) is 24.9 Å². The van der Waals surface area contributed by atoms with Crippen LogP contribution in [0.1, 0.15) is 111 Å². The van der Waals surface area contributed by atoms with Crippen LogP contribution >= 0.6 is 0 Å². The van der Waals surface area contributed by atoms with Crippen LogP contribution in [-0.2, 0) is 33.1 Å². The van der Waals surface area contributed by atoms with Gasteiger partial charge in [0.2, 0.25) is 6.29 Å². The fraction of sp³-hybridized carbons (Fsp3) is 0.920. The minimum absolute atomic E-state index is 0.0587. The molecule has 2 rings (SSSR count). The maximum Gasteiger partial charge on any atom is 0.457 e. The van der Waals surface area contributed by atoms with Gasteiger partial charge in [0.05, 0.1) is 0 Å². The molecule has 0 unspecified atom stereocenters. The Labute approximate surface area is 200 Å². The van der Waals surface area contributed by atoms with Gasteiger partial charge in [0, 0.05) is 13.3 Å². The van der Waals surface area contributed by atoms with Crippen molar-refractivity contribution in [3.63, 3.8) is 0 Å². The first-order valence-electron chi connectivity index (χ1n) is 13.3. The van der Waals surface area contributed by atoms with Gasteiger partial charge >= 0.3 is 19.1 Å². The lowest BCUT2D eigenvalue weighted by atomic mass is 9.87. The van der Waals surface area contributed by atoms with E-state index in [4.69, 9.17) is 23.5 Å². The van der Waals surface area contributed by atoms with E-state index in [1.165, 1.54) is 71.1 Å². The minimum atomic E-state index is -0.818. The third-order valence-corrected chi connectivity index (χ3v) is 6.40. The van der Waals surface area contributed by atoms with Crippen LogP contribution in [0.2, 0.25) is 6.32 Å². The van der Waals surface area contributed by atoms with Gasteiger partial charge < -0.3 is 23.5 Å². The van der Waals surface area contributed by atoms with Gasteiger partial charge in [-0.2, -0.15) is 0 Å². The molecule has 2 aliphatic heterocycles. The van der Waals surface area contributed by atoms with Crippen molar-refractivity contribution in [2.75, 3.05) is 6.61 Å². The number of unbranched alkanes of at least 4 members (excludes halogenated alkanes) is 12. The van der Waals surface area contributed by atoms with Crippen molar-refractivity contribution in [3.8, 4) is 0 Å². The Hall–Kier alpha value is -1.12. The lowest BCUT2D eigenvalue weighted by molar-refractivity contribution is -0.191. The van der Waals surface area contributed by atoms with E-state index in [1.807, 2.05) is 6.92 Å². The Morgan fingerprint density at radius 3 is 1.88 bits per heavy atom. The molecule has 2 heterocycles. The first-order valence-corrected chi connectivity index (χ1v) is 13.3. The van der Waals surface area contributed by atoms with Crippen molar-refractivity contribution in [1.82, 2.24) is 0 Å². The van der Waals surface area contributed by atoms with Gasteiger partial charge in [-0.05, 0) is 12.7 Å². The zero-order valence-corrected chi connectivity index (χ0v) is 21.1. The molecule has 190 valence electrons. The molecule has 8 heteroatoms. The van der Waals surface area contributed by atoms with Crippen molar-refractivity contribution in [2.24, 2.45) is 0 Å². The first kappa shape index (κ1) is 28.1. The standard InChI is InChI=1S/C25H45BO7/c1-4-6-7-8-9-10-11-12-13-14-15-16-17-18-22(28)31-25-24-23(32-26(5-2)33-24)21(30-25)19-29-20(3)27/h21,23-25H,4-19H2,1-3H3/t21-,23+,24+,25+/m1/s1. The van der Waals surface area contributed by atoms with Crippen LogP contribution in [0.25, 0.3) is 0 Å². The third-order valence-electron chi connectivity index (χ3n) is 6.40. The maximum atomic E-state index is 12.3. The number of rotatable bonds is 18. The summed E-state index contributed by atoms with van der Waals surface area (Å²) in [5.41, 5.74) is 0. The maximum absolute atomic E-state index is 12.3. The molecule has 0 aromatic heterocycles. The fourth-order valence-corrected chi connectivity index (χ4v) is 4.48. The Bertz CT molecular complexity index is 559. The summed E-state index contributed by atoms with van der Waals surface area (Å²) in [4.78, 5) is 23.5. The molecule has 2 fully saturated rings. The van der Waals surface area contributed by atoms with Gasteiger partial charge in [-0.25, -0.2) is 0 Å². The Balaban J connectivity index is 1.53. The van der Waals surface area contributed by atoms with Crippen LogP contribution in [0.5, 0.6) is 0 Å². The molecular weight excluding hydrogens is 423 g/mol. The number of fused-ring (bicyclic) bond motifs is 1. The van der Waals surface area contributed by atoms with Crippen molar-refractivity contribution < 1.29 is 33.1 Å². The van der Waals surface area contributed by atoms with E-state index >= 15 is 0 Å². The van der Waals surface area contributed by atoms with Crippen molar-refractivity contribution >= 4 is 19.1 Å². The number of hydrogen-bond acceptors (Lipinski definition) is 7. The van der Waals surface area contributed by atoms with E-state index in [-0.39, 0.29) is 25.7 Å². The van der Waals surface area contributed by atoms with Gasteiger partial charge in [-0.1, -0.05) is 90.9 Å². The lowest BCUT2D eigenvalue weighted by Crippen LogP contribution is -2.33. The Morgan fingerprint density at radius 2 is 1.33 bits per heavy atom. The molecule has 0 spiro atoms. The van der Waals surface area contributed by atoms with Crippen LogP contribution in [0.3, 0.4) is 0 Å². The molecule has 33 heavy (non-hydrogen) atoms. The number of hydrogen-bond donors (Lipinski definition) is 0. The molecule has 2 saturated heterocycles. The highest BCUT2D eigenvalue weighted by Gasteiger charge is 2.55.